The van der Waals surface area contributed by atoms with Crippen LogP contribution in [-0.4, -0.2) is 46.3 Å². The zero-order valence-electron chi connectivity index (χ0n) is 22.8. The first-order chi connectivity index (χ1) is 18.1. The van der Waals surface area contributed by atoms with E-state index in [0.29, 0.717) is 25.4 Å². The fourth-order valence-corrected chi connectivity index (χ4v) is 6.10. The van der Waals surface area contributed by atoms with E-state index in [1.807, 2.05) is 11.1 Å². The fraction of sp³-hybridized carbons (Fsp3) is 0.452. The van der Waals surface area contributed by atoms with Crippen molar-refractivity contribution in [1.29, 1.82) is 0 Å². The number of rotatable bonds is 5. The lowest BCUT2D eigenvalue weighted by Gasteiger charge is -2.37. The summed E-state index contributed by atoms with van der Waals surface area (Å²) in [6.45, 7) is 7.11. The molecule has 1 aromatic carbocycles. The number of piperidine rings is 1. The van der Waals surface area contributed by atoms with Crippen LogP contribution in [0.25, 0.3) is 0 Å². The number of amides is 1. The maximum absolute atomic E-state index is 13.1. The van der Waals surface area contributed by atoms with Crippen LogP contribution in [0.2, 0.25) is 0 Å². The first kappa shape index (κ1) is 26.2. The summed E-state index contributed by atoms with van der Waals surface area (Å²) in [7, 11) is 1.74. The molecule has 200 valence electrons. The molecule has 1 fully saturated rings. The molecule has 2 aliphatic rings. The lowest BCUT2D eigenvalue weighted by Crippen LogP contribution is -2.41. The molecule has 1 saturated heterocycles. The summed E-state index contributed by atoms with van der Waals surface area (Å²) in [6, 6.07) is 10.1. The van der Waals surface area contributed by atoms with Gasteiger partial charge < -0.3 is 14.7 Å². The Bertz CT molecular complexity index is 1320. The van der Waals surface area contributed by atoms with Gasteiger partial charge in [0.05, 0.1) is 24.8 Å². The molecule has 1 aliphatic heterocycles. The molecule has 0 radical (unpaired) electrons. The van der Waals surface area contributed by atoms with E-state index in [1.54, 1.807) is 45.5 Å². The largest absolute Gasteiger partial charge is 0.496 e. The van der Waals surface area contributed by atoms with Crippen LogP contribution >= 0.6 is 0 Å². The van der Waals surface area contributed by atoms with Crippen molar-refractivity contribution < 1.29 is 24.6 Å². The second-order valence-corrected chi connectivity index (χ2v) is 11.3. The topological polar surface area (TPSA) is 86.8 Å². The average molecular weight is 517 g/mol. The summed E-state index contributed by atoms with van der Waals surface area (Å²) in [5.74, 6) is 1.41. The van der Waals surface area contributed by atoms with Crippen molar-refractivity contribution in [3.8, 4) is 5.75 Å². The van der Waals surface area contributed by atoms with Crippen LogP contribution in [0.1, 0.15) is 71.7 Å². The van der Waals surface area contributed by atoms with Gasteiger partial charge in [0.25, 0.3) is 0 Å². The van der Waals surface area contributed by atoms with Crippen molar-refractivity contribution in [1.82, 2.24) is 9.88 Å². The van der Waals surface area contributed by atoms with Gasteiger partial charge in [-0.3, -0.25) is 15.0 Å². The van der Waals surface area contributed by atoms with Crippen molar-refractivity contribution in [2.24, 2.45) is 5.92 Å². The zero-order valence-corrected chi connectivity index (χ0v) is 22.8. The molecular formula is C31H38N3O4+. The van der Waals surface area contributed by atoms with Crippen molar-refractivity contribution in [3.05, 3.63) is 88.0 Å². The van der Waals surface area contributed by atoms with Gasteiger partial charge in [-0.15, -0.1) is 0 Å². The molecule has 1 atom stereocenters. The SMILES string of the molecule is COc1cc(C)cc2c1C(C1CCN(C(=O)Cc3cc[n+](O)cc3)CC1)c1ncc(C(C)(C)O)cc1CC2. The van der Waals surface area contributed by atoms with Crippen molar-refractivity contribution in [3.63, 3.8) is 0 Å². The summed E-state index contributed by atoms with van der Waals surface area (Å²) in [5.41, 5.74) is 6.75. The highest BCUT2D eigenvalue weighted by Crippen LogP contribution is 2.46. The minimum Gasteiger partial charge on any atom is -0.496 e. The Morgan fingerprint density at radius 1 is 1.13 bits per heavy atom. The van der Waals surface area contributed by atoms with E-state index < -0.39 is 5.60 Å². The van der Waals surface area contributed by atoms with Gasteiger partial charge in [0.2, 0.25) is 18.3 Å². The second kappa shape index (κ2) is 10.4. The second-order valence-electron chi connectivity index (χ2n) is 11.3. The third-order valence-electron chi connectivity index (χ3n) is 8.17. The Labute approximate surface area is 224 Å². The van der Waals surface area contributed by atoms with Crippen LogP contribution in [0, 0.1) is 12.8 Å². The number of hydrogen-bond donors (Lipinski definition) is 2. The molecule has 1 unspecified atom stereocenters. The maximum atomic E-state index is 13.1. The average Bonchev–Trinajstić information content (AvgIpc) is 3.05. The summed E-state index contributed by atoms with van der Waals surface area (Å²) in [5, 5.41) is 20.1. The van der Waals surface area contributed by atoms with Gasteiger partial charge in [-0.05, 0) is 86.8 Å². The van der Waals surface area contributed by atoms with Gasteiger partial charge in [0.1, 0.15) is 5.75 Å². The van der Waals surface area contributed by atoms with Gasteiger partial charge in [0.15, 0.2) is 0 Å². The monoisotopic (exact) mass is 516 g/mol. The number of hydrogen-bond acceptors (Lipinski definition) is 5. The van der Waals surface area contributed by atoms with Crippen LogP contribution in [-0.2, 0) is 29.7 Å². The number of fused-ring (bicyclic) bond motifs is 2. The molecule has 7 nitrogen and oxygen atoms in total. The van der Waals surface area contributed by atoms with Crippen LogP contribution in [0.3, 0.4) is 0 Å². The highest BCUT2D eigenvalue weighted by atomic mass is 16.5. The molecule has 5 rings (SSSR count). The number of carbonyl (C=O) groups excluding carboxylic acids is 1. The quantitative estimate of drug-likeness (QED) is 0.397. The number of likely N-dealkylation sites (tertiary alicyclic amines) is 1. The lowest BCUT2D eigenvalue weighted by molar-refractivity contribution is -0.904. The Kier molecular flexibility index (Phi) is 7.14. The molecule has 0 spiro atoms. The molecule has 3 aromatic rings. The number of methoxy groups -OCH3 is 1. The Morgan fingerprint density at radius 2 is 1.82 bits per heavy atom. The number of nitrogens with zero attached hydrogens (tertiary/aromatic N) is 3. The number of aromatic nitrogens is 2. The zero-order chi connectivity index (χ0) is 27.0. The molecule has 1 amide bonds. The first-order valence-corrected chi connectivity index (χ1v) is 13.5. The van der Waals surface area contributed by atoms with Gasteiger partial charge in [0, 0.05) is 53.2 Å². The lowest BCUT2D eigenvalue weighted by atomic mass is 9.75. The summed E-state index contributed by atoms with van der Waals surface area (Å²) in [6.07, 6.45) is 8.77. The number of benzene rings is 1. The van der Waals surface area contributed by atoms with Gasteiger partial charge in [-0.25, -0.2) is 0 Å². The molecule has 3 heterocycles. The Hall–Kier alpha value is -3.45. The van der Waals surface area contributed by atoms with E-state index in [2.05, 4.69) is 25.1 Å². The first-order valence-electron chi connectivity index (χ1n) is 13.5. The molecule has 1 aliphatic carbocycles. The third kappa shape index (κ3) is 5.25. The minimum atomic E-state index is -0.952. The van der Waals surface area contributed by atoms with E-state index in [1.165, 1.54) is 22.3 Å². The van der Waals surface area contributed by atoms with Crippen LogP contribution in [0.5, 0.6) is 5.75 Å². The van der Waals surface area contributed by atoms with E-state index in [9.17, 15) is 15.1 Å². The molecule has 0 bridgehead atoms. The van der Waals surface area contributed by atoms with Crippen molar-refractivity contribution in [2.45, 2.75) is 64.4 Å². The molecular weight excluding hydrogens is 478 g/mol. The smallest absolute Gasteiger partial charge is 0.226 e. The number of aryl methyl sites for hydroxylation is 3. The van der Waals surface area contributed by atoms with Gasteiger partial charge >= 0.3 is 0 Å². The Balaban J connectivity index is 1.45. The Morgan fingerprint density at radius 3 is 2.47 bits per heavy atom. The fourth-order valence-electron chi connectivity index (χ4n) is 6.10. The maximum Gasteiger partial charge on any atom is 0.226 e. The molecule has 7 heteroatoms. The number of pyridine rings is 2. The predicted molar refractivity (Wildman–Crippen MR) is 143 cm³/mol. The van der Waals surface area contributed by atoms with Crippen LogP contribution in [0.15, 0.2) is 48.9 Å². The molecule has 38 heavy (non-hydrogen) atoms. The summed E-state index contributed by atoms with van der Waals surface area (Å²) in [4.78, 5) is 20.0. The van der Waals surface area contributed by atoms with E-state index in [4.69, 9.17) is 9.72 Å². The standard InChI is InChI=1S/C31H38N3O4/c1-20-15-23-5-6-24-18-25(31(2,3)36)19-32-30(24)29(28(23)26(16-20)38-4)22-9-11-33(12-10-22)27(35)17-21-7-13-34(37)14-8-21/h7-8,13-16,18-19,22,29,36-37H,5-6,9-12,17H2,1-4H3/q+1. The normalized spacial score (nSPS) is 17.9. The van der Waals surface area contributed by atoms with E-state index in [-0.39, 0.29) is 11.8 Å². The number of aliphatic hydroxyl groups is 1. The van der Waals surface area contributed by atoms with E-state index in [0.717, 1.165) is 53.0 Å². The van der Waals surface area contributed by atoms with Crippen LogP contribution in [0.4, 0.5) is 0 Å². The molecule has 2 N–H and O–H groups in total. The van der Waals surface area contributed by atoms with Gasteiger partial charge in [-0.2, -0.15) is 0 Å². The summed E-state index contributed by atoms with van der Waals surface area (Å²) >= 11 is 0. The third-order valence-corrected chi connectivity index (χ3v) is 8.17. The highest BCUT2D eigenvalue weighted by Gasteiger charge is 2.37. The van der Waals surface area contributed by atoms with Crippen molar-refractivity contribution in [2.75, 3.05) is 20.2 Å². The van der Waals surface area contributed by atoms with Crippen molar-refractivity contribution >= 4 is 5.91 Å². The molecule has 2 aromatic heterocycles. The number of ether oxygens (including phenoxy) is 1. The molecule has 0 saturated carbocycles. The number of carbonyl (C=O) groups is 1. The van der Waals surface area contributed by atoms with Gasteiger partial charge in [-0.1, -0.05) is 6.07 Å². The predicted octanol–water partition coefficient (Wildman–Crippen LogP) is 3.86. The summed E-state index contributed by atoms with van der Waals surface area (Å²) < 4.78 is 6.93. The van der Waals surface area contributed by atoms with E-state index >= 15 is 0 Å². The highest BCUT2D eigenvalue weighted by molar-refractivity contribution is 5.78. The minimum absolute atomic E-state index is 0.0697. The van der Waals surface area contributed by atoms with Crippen LogP contribution < -0.4 is 9.47 Å².